The highest BCUT2D eigenvalue weighted by Crippen LogP contribution is 2.22. The van der Waals surface area contributed by atoms with Crippen LogP contribution in [0.2, 0.25) is 0 Å². The van der Waals surface area contributed by atoms with E-state index in [-0.39, 0.29) is 11.7 Å². The third kappa shape index (κ3) is 3.45. The Hall–Kier alpha value is -2.14. The Kier molecular flexibility index (Phi) is 4.76. The molecule has 0 saturated carbocycles. The first-order valence-electron chi connectivity index (χ1n) is 8.27. The van der Waals surface area contributed by atoms with Crippen molar-refractivity contribution in [3.8, 4) is 0 Å². The van der Waals surface area contributed by atoms with E-state index in [9.17, 15) is 4.79 Å². The van der Waals surface area contributed by atoms with Crippen LogP contribution in [0.4, 0.5) is 0 Å². The highest BCUT2D eigenvalue weighted by atomic mass is 16.5. The first-order chi connectivity index (χ1) is 11.2. The SMILES string of the molecule is CCC(CC)c1cc(C(=O)NCc2ccc3c(c2)CNC3)on1. The number of fused-ring (bicyclic) bond motifs is 1. The van der Waals surface area contributed by atoms with E-state index in [1.54, 1.807) is 6.07 Å². The second-order valence-electron chi connectivity index (χ2n) is 6.02. The predicted octanol–water partition coefficient (Wildman–Crippen LogP) is 3.11. The summed E-state index contributed by atoms with van der Waals surface area (Å²) in [6.45, 7) is 6.56. The maximum atomic E-state index is 12.2. The molecule has 2 N–H and O–H groups in total. The Morgan fingerprint density at radius 3 is 2.83 bits per heavy atom. The summed E-state index contributed by atoms with van der Waals surface area (Å²) in [6, 6.07) is 8.09. The van der Waals surface area contributed by atoms with E-state index in [0.717, 1.165) is 37.2 Å². The Labute approximate surface area is 136 Å². The fourth-order valence-corrected chi connectivity index (χ4v) is 3.02. The van der Waals surface area contributed by atoms with Crippen molar-refractivity contribution in [2.45, 2.75) is 52.2 Å². The van der Waals surface area contributed by atoms with Crippen LogP contribution in [0.1, 0.15) is 65.5 Å². The summed E-state index contributed by atoms with van der Waals surface area (Å²) in [5, 5.41) is 10.3. The molecule has 0 unspecified atom stereocenters. The molecule has 122 valence electrons. The average molecular weight is 313 g/mol. The topological polar surface area (TPSA) is 67.2 Å². The van der Waals surface area contributed by atoms with Gasteiger partial charge in [-0.1, -0.05) is 37.2 Å². The minimum absolute atomic E-state index is 0.215. The number of amides is 1. The maximum Gasteiger partial charge on any atom is 0.290 e. The molecule has 0 aliphatic carbocycles. The van der Waals surface area contributed by atoms with Crippen molar-refractivity contribution < 1.29 is 9.32 Å². The zero-order valence-electron chi connectivity index (χ0n) is 13.7. The second kappa shape index (κ2) is 6.96. The maximum absolute atomic E-state index is 12.2. The summed E-state index contributed by atoms with van der Waals surface area (Å²) < 4.78 is 5.20. The predicted molar refractivity (Wildman–Crippen MR) is 88.0 cm³/mol. The number of carbonyl (C=O) groups excluding carboxylic acids is 1. The molecule has 0 spiro atoms. The largest absolute Gasteiger partial charge is 0.351 e. The van der Waals surface area contributed by atoms with Crippen LogP contribution in [0.25, 0.3) is 0 Å². The lowest BCUT2D eigenvalue weighted by atomic mass is 9.99. The number of benzene rings is 1. The van der Waals surface area contributed by atoms with Crippen LogP contribution in [-0.2, 0) is 19.6 Å². The third-order valence-electron chi connectivity index (χ3n) is 4.51. The van der Waals surface area contributed by atoms with Gasteiger partial charge in [0.05, 0.1) is 5.69 Å². The summed E-state index contributed by atoms with van der Waals surface area (Å²) >= 11 is 0. The molecule has 1 aliphatic heterocycles. The first kappa shape index (κ1) is 15.7. The van der Waals surface area contributed by atoms with Gasteiger partial charge in [-0.25, -0.2) is 0 Å². The second-order valence-corrected chi connectivity index (χ2v) is 6.02. The molecule has 2 aromatic rings. The zero-order valence-corrected chi connectivity index (χ0v) is 13.7. The number of nitrogens with zero attached hydrogens (tertiary/aromatic N) is 1. The molecule has 5 heteroatoms. The molecule has 1 amide bonds. The van der Waals surface area contributed by atoms with Gasteiger partial charge in [0.1, 0.15) is 0 Å². The zero-order chi connectivity index (χ0) is 16.2. The van der Waals surface area contributed by atoms with Gasteiger partial charge in [-0.3, -0.25) is 4.79 Å². The highest BCUT2D eigenvalue weighted by molar-refractivity contribution is 5.91. The van der Waals surface area contributed by atoms with E-state index < -0.39 is 0 Å². The molecule has 5 nitrogen and oxygen atoms in total. The monoisotopic (exact) mass is 313 g/mol. The van der Waals surface area contributed by atoms with Gasteiger partial charge in [0.15, 0.2) is 0 Å². The van der Waals surface area contributed by atoms with Gasteiger partial charge in [-0.15, -0.1) is 0 Å². The van der Waals surface area contributed by atoms with Gasteiger partial charge in [0.25, 0.3) is 5.91 Å². The van der Waals surface area contributed by atoms with Crippen LogP contribution in [0, 0.1) is 0 Å². The minimum Gasteiger partial charge on any atom is -0.351 e. The van der Waals surface area contributed by atoms with E-state index in [4.69, 9.17) is 4.52 Å². The molecule has 23 heavy (non-hydrogen) atoms. The number of carbonyl (C=O) groups is 1. The van der Waals surface area contributed by atoms with Crippen LogP contribution < -0.4 is 10.6 Å². The molecule has 1 aromatic heterocycles. The third-order valence-corrected chi connectivity index (χ3v) is 4.51. The Morgan fingerprint density at radius 2 is 2.04 bits per heavy atom. The van der Waals surface area contributed by atoms with Crippen molar-refractivity contribution >= 4 is 5.91 Å². The van der Waals surface area contributed by atoms with Gasteiger partial charge >= 0.3 is 0 Å². The van der Waals surface area contributed by atoms with E-state index in [1.165, 1.54) is 11.1 Å². The summed E-state index contributed by atoms with van der Waals surface area (Å²) in [5.74, 6) is 0.424. The molecular formula is C18H23N3O2. The first-order valence-corrected chi connectivity index (χ1v) is 8.27. The Bertz CT molecular complexity index is 689. The molecule has 0 radical (unpaired) electrons. The average Bonchev–Trinajstić information content (AvgIpc) is 3.22. The highest BCUT2D eigenvalue weighted by Gasteiger charge is 2.17. The smallest absolute Gasteiger partial charge is 0.290 e. The van der Waals surface area contributed by atoms with Crippen LogP contribution >= 0.6 is 0 Å². The summed E-state index contributed by atoms with van der Waals surface area (Å²) in [6.07, 6.45) is 1.99. The molecule has 0 bridgehead atoms. The Morgan fingerprint density at radius 1 is 1.26 bits per heavy atom. The molecule has 2 heterocycles. The number of nitrogens with one attached hydrogen (secondary N) is 2. The molecule has 3 rings (SSSR count). The van der Waals surface area contributed by atoms with Crippen molar-refractivity contribution in [2.24, 2.45) is 0 Å². The molecule has 0 saturated heterocycles. The van der Waals surface area contributed by atoms with Gasteiger partial charge in [-0.05, 0) is 29.5 Å². The summed E-state index contributed by atoms with van der Waals surface area (Å²) in [4.78, 5) is 12.2. The van der Waals surface area contributed by atoms with Crippen molar-refractivity contribution in [3.05, 3.63) is 52.4 Å². The lowest BCUT2D eigenvalue weighted by Gasteiger charge is -2.06. The van der Waals surface area contributed by atoms with Gasteiger partial charge < -0.3 is 15.2 Å². The van der Waals surface area contributed by atoms with E-state index in [2.05, 4.69) is 47.8 Å². The van der Waals surface area contributed by atoms with Crippen LogP contribution in [0.3, 0.4) is 0 Å². The molecule has 0 atom stereocenters. The van der Waals surface area contributed by atoms with Crippen molar-refractivity contribution in [2.75, 3.05) is 0 Å². The van der Waals surface area contributed by atoms with Gasteiger partial charge in [-0.2, -0.15) is 0 Å². The lowest BCUT2D eigenvalue weighted by Crippen LogP contribution is -2.22. The standard InChI is InChI=1S/C18H23N3O2/c1-3-13(4-2)16-8-17(23-21-16)18(22)20-9-12-5-6-14-10-19-11-15(14)7-12/h5-8,13,19H,3-4,9-11H2,1-2H3,(H,20,22). The van der Waals surface area contributed by atoms with Crippen LogP contribution in [0.15, 0.2) is 28.8 Å². The van der Waals surface area contributed by atoms with Crippen molar-refractivity contribution in [3.63, 3.8) is 0 Å². The summed E-state index contributed by atoms with van der Waals surface area (Å²) in [7, 11) is 0. The fourth-order valence-electron chi connectivity index (χ4n) is 3.02. The number of hydrogen-bond donors (Lipinski definition) is 2. The van der Waals surface area contributed by atoms with E-state index in [1.807, 2.05) is 0 Å². The van der Waals surface area contributed by atoms with Crippen LogP contribution in [0.5, 0.6) is 0 Å². The van der Waals surface area contributed by atoms with E-state index >= 15 is 0 Å². The molecular weight excluding hydrogens is 290 g/mol. The normalized spacial score (nSPS) is 13.3. The molecule has 1 aliphatic rings. The molecule has 1 aromatic carbocycles. The Balaban J connectivity index is 1.61. The van der Waals surface area contributed by atoms with Gasteiger partial charge in [0.2, 0.25) is 5.76 Å². The van der Waals surface area contributed by atoms with E-state index in [0.29, 0.717) is 12.5 Å². The lowest BCUT2D eigenvalue weighted by molar-refractivity contribution is 0.0914. The van der Waals surface area contributed by atoms with Gasteiger partial charge in [0, 0.05) is 31.6 Å². The summed E-state index contributed by atoms with van der Waals surface area (Å²) in [5.41, 5.74) is 4.61. The number of aromatic nitrogens is 1. The van der Waals surface area contributed by atoms with Crippen LogP contribution in [-0.4, -0.2) is 11.1 Å². The van der Waals surface area contributed by atoms with Crippen molar-refractivity contribution in [1.82, 2.24) is 15.8 Å². The minimum atomic E-state index is -0.215. The fraction of sp³-hybridized carbons (Fsp3) is 0.444. The number of hydrogen-bond acceptors (Lipinski definition) is 4. The number of rotatable bonds is 6. The van der Waals surface area contributed by atoms with Crippen molar-refractivity contribution in [1.29, 1.82) is 0 Å². The quantitative estimate of drug-likeness (QED) is 0.860. The molecule has 0 fully saturated rings.